The highest BCUT2D eigenvalue weighted by atomic mass is 16.6. The summed E-state index contributed by atoms with van der Waals surface area (Å²) in [5, 5.41) is 14.3. The fraction of sp³-hybridized carbons (Fsp3) is 0.526. The molecular weight excluding hydrogens is 380 g/mol. The summed E-state index contributed by atoms with van der Waals surface area (Å²) in [5.41, 5.74) is 1.34. The van der Waals surface area contributed by atoms with Crippen LogP contribution in [0.15, 0.2) is 28.7 Å². The minimum Gasteiger partial charge on any atom is -0.462 e. The van der Waals surface area contributed by atoms with E-state index < -0.39 is 22.8 Å². The lowest BCUT2D eigenvalue weighted by molar-refractivity contribution is -0.391. The van der Waals surface area contributed by atoms with Gasteiger partial charge in [0.15, 0.2) is 0 Å². The highest BCUT2D eigenvalue weighted by Gasteiger charge is 2.42. The summed E-state index contributed by atoms with van der Waals surface area (Å²) in [4.78, 5) is 40.5. The Kier molecular flexibility index (Phi) is 7.13. The normalized spacial score (nSPS) is 14.7. The number of carbonyl (C=O) groups is 2. The molecule has 1 aromatic heterocycles. The highest BCUT2D eigenvalue weighted by Crippen LogP contribution is 2.39. The first kappa shape index (κ1) is 22.1. The van der Waals surface area contributed by atoms with Crippen molar-refractivity contribution in [2.45, 2.75) is 46.5 Å². The highest BCUT2D eigenvalue weighted by molar-refractivity contribution is 5.99. The predicted octanol–water partition coefficient (Wildman–Crippen LogP) is 2.47. The third-order valence-corrected chi connectivity index (χ3v) is 4.52. The molecule has 10 heteroatoms. The number of esters is 2. The maximum absolute atomic E-state index is 12.8. The largest absolute Gasteiger partial charge is 0.462 e. The van der Waals surface area contributed by atoms with E-state index in [1.807, 2.05) is 13.8 Å². The number of imidazole rings is 1. The number of ether oxygens (including phenoxy) is 2. The standard InChI is InChI=1S/C19H26N4O6/c1-6-8-28-18(24)14-11(3)21-12(4)15(19(25)29-9-7-2)16(14)17-20-10-13(22(17)5)23(26)27/h10,16,21H,6-9H2,1-5H3. The second-order valence-corrected chi connectivity index (χ2v) is 6.70. The average Bonchev–Trinajstić information content (AvgIpc) is 3.04. The lowest BCUT2D eigenvalue weighted by atomic mass is 9.84. The van der Waals surface area contributed by atoms with Gasteiger partial charge >= 0.3 is 17.8 Å². The molecule has 0 fully saturated rings. The predicted molar refractivity (Wildman–Crippen MR) is 104 cm³/mol. The van der Waals surface area contributed by atoms with Gasteiger partial charge in [-0.3, -0.25) is 0 Å². The number of dihydropyridines is 1. The van der Waals surface area contributed by atoms with Gasteiger partial charge in [-0.25, -0.2) is 19.1 Å². The van der Waals surface area contributed by atoms with Crippen molar-refractivity contribution < 1.29 is 24.0 Å². The van der Waals surface area contributed by atoms with Crippen LogP contribution in [-0.4, -0.2) is 39.6 Å². The van der Waals surface area contributed by atoms with E-state index in [1.165, 1.54) is 11.6 Å². The first-order valence-electron chi connectivity index (χ1n) is 9.43. The smallest absolute Gasteiger partial charge is 0.342 e. The zero-order valence-corrected chi connectivity index (χ0v) is 17.3. The van der Waals surface area contributed by atoms with Crippen molar-refractivity contribution >= 4 is 17.8 Å². The molecule has 1 aromatic rings. The molecule has 0 amide bonds. The molecule has 1 aliphatic rings. The van der Waals surface area contributed by atoms with Gasteiger partial charge in [-0.15, -0.1) is 0 Å². The Balaban J connectivity index is 2.64. The SMILES string of the molecule is CCCOC(=O)C1=C(C)NC(C)=C(C(=O)OCCC)C1c1ncc([N+](=O)[O-])n1C. The molecule has 0 unspecified atom stereocenters. The summed E-state index contributed by atoms with van der Waals surface area (Å²) in [6.07, 6.45) is 2.36. The van der Waals surface area contributed by atoms with Crippen LogP contribution in [0.5, 0.6) is 0 Å². The van der Waals surface area contributed by atoms with E-state index in [1.54, 1.807) is 13.8 Å². The molecule has 1 N–H and O–H groups in total. The molecule has 10 nitrogen and oxygen atoms in total. The van der Waals surface area contributed by atoms with Crippen LogP contribution < -0.4 is 5.32 Å². The summed E-state index contributed by atoms with van der Waals surface area (Å²) in [7, 11) is 1.47. The second-order valence-electron chi connectivity index (χ2n) is 6.70. The van der Waals surface area contributed by atoms with Gasteiger partial charge in [-0.1, -0.05) is 13.8 Å². The fourth-order valence-corrected chi connectivity index (χ4v) is 3.19. The Morgan fingerprint density at radius 2 is 1.62 bits per heavy atom. The molecule has 0 aliphatic carbocycles. The van der Waals surface area contributed by atoms with Gasteiger partial charge in [0.05, 0.1) is 31.4 Å². The molecule has 0 aromatic carbocycles. The Bertz CT molecular complexity index is 841. The molecule has 2 heterocycles. The van der Waals surface area contributed by atoms with E-state index in [9.17, 15) is 19.7 Å². The number of nitrogens with zero attached hydrogens (tertiary/aromatic N) is 3. The molecule has 1 aliphatic heterocycles. The summed E-state index contributed by atoms with van der Waals surface area (Å²) < 4.78 is 11.9. The second kappa shape index (κ2) is 9.35. The van der Waals surface area contributed by atoms with Gasteiger partial charge < -0.3 is 24.9 Å². The van der Waals surface area contributed by atoms with Gasteiger partial charge in [-0.2, -0.15) is 0 Å². The lowest BCUT2D eigenvalue weighted by Crippen LogP contribution is -2.33. The third-order valence-electron chi connectivity index (χ3n) is 4.52. The van der Waals surface area contributed by atoms with Crippen LogP contribution in [0.3, 0.4) is 0 Å². The van der Waals surface area contributed by atoms with Crippen molar-refractivity contribution in [3.8, 4) is 0 Å². The molecule has 29 heavy (non-hydrogen) atoms. The summed E-state index contributed by atoms with van der Waals surface area (Å²) in [5.74, 6) is -2.24. The monoisotopic (exact) mass is 406 g/mol. The molecule has 2 rings (SSSR count). The number of aromatic nitrogens is 2. The summed E-state index contributed by atoms with van der Waals surface area (Å²) in [6.45, 7) is 7.52. The molecule has 0 atom stereocenters. The number of nitro groups is 1. The van der Waals surface area contributed by atoms with E-state index in [0.29, 0.717) is 24.2 Å². The van der Waals surface area contributed by atoms with E-state index >= 15 is 0 Å². The maximum atomic E-state index is 12.8. The number of allylic oxidation sites excluding steroid dienone is 2. The quantitative estimate of drug-likeness (QED) is 0.396. The lowest BCUT2D eigenvalue weighted by Gasteiger charge is -2.28. The van der Waals surface area contributed by atoms with E-state index in [-0.39, 0.29) is 36.0 Å². The van der Waals surface area contributed by atoms with Crippen LogP contribution in [0.1, 0.15) is 52.3 Å². The van der Waals surface area contributed by atoms with Crippen molar-refractivity contribution in [2.24, 2.45) is 7.05 Å². The number of hydrogen-bond acceptors (Lipinski definition) is 8. The third kappa shape index (κ3) is 4.47. The minimum absolute atomic E-state index is 0.177. The zero-order valence-electron chi connectivity index (χ0n) is 17.3. The van der Waals surface area contributed by atoms with Gasteiger partial charge in [0, 0.05) is 11.4 Å². The molecule has 0 radical (unpaired) electrons. The van der Waals surface area contributed by atoms with Gasteiger partial charge in [0.1, 0.15) is 12.1 Å². The fourth-order valence-electron chi connectivity index (χ4n) is 3.19. The Morgan fingerprint density at radius 3 is 2.00 bits per heavy atom. The van der Waals surface area contributed by atoms with Crippen LogP contribution in [0.2, 0.25) is 0 Å². The number of hydrogen-bond donors (Lipinski definition) is 1. The molecule has 158 valence electrons. The Hall–Kier alpha value is -3.17. The first-order chi connectivity index (χ1) is 13.7. The number of nitrogens with one attached hydrogen (secondary N) is 1. The van der Waals surface area contributed by atoms with E-state index in [4.69, 9.17) is 9.47 Å². The van der Waals surface area contributed by atoms with E-state index in [2.05, 4.69) is 10.3 Å². The molecular formula is C19H26N4O6. The van der Waals surface area contributed by atoms with Gasteiger partial charge in [0.25, 0.3) is 0 Å². The number of carbonyl (C=O) groups excluding carboxylic acids is 2. The zero-order chi connectivity index (χ0) is 21.7. The molecule has 0 saturated heterocycles. The van der Waals surface area contributed by atoms with Crippen LogP contribution in [-0.2, 0) is 26.1 Å². The molecule has 0 spiro atoms. The average molecular weight is 406 g/mol. The maximum Gasteiger partial charge on any atom is 0.342 e. The van der Waals surface area contributed by atoms with Crippen molar-refractivity contribution in [2.75, 3.05) is 13.2 Å². The van der Waals surface area contributed by atoms with Crippen LogP contribution in [0.25, 0.3) is 0 Å². The Labute approximate surface area is 168 Å². The molecule has 0 bridgehead atoms. The summed E-state index contributed by atoms with van der Waals surface area (Å²) >= 11 is 0. The van der Waals surface area contributed by atoms with Crippen LogP contribution >= 0.6 is 0 Å². The van der Waals surface area contributed by atoms with Gasteiger partial charge in [-0.05, 0) is 31.6 Å². The molecule has 0 saturated carbocycles. The Morgan fingerprint density at radius 1 is 1.14 bits per heavy atom. The van der Waals surface area contributed by atoms with Crippen LogP contribution in [0.4, 0.5) is 5.82 Å². The van der Waals surface area contributed by atoms with Gasteiger partial charge in [0.2, 0.25) is 5.82 Å². The topological polar surface area (TPSA) is 126 Å². The van der Waals surface area contributed by atoms with Crippen molar-refractivity contribution in [3.05, 3.63) is 44.7 Å². The number of rotatable bonds is 8. The van der Waals surface area contributed by atoms with Crippen molar-refractivity contribution in [3.63, 3.8) is 0 Å². The van der Waals surface area contributed by atoms with E-state index in [0.717, 1.165) is 6.20 Å². The van der Waals surface area contributed by atoms with Crippen molar-refractivity contribution in [1.29, 1.82) is 0 Å². The first-order valence-corrected chi connectivity index (χ1v) is 9.43. The van der Waals surface area contributed by atoms with Crippen LogP contribution in [0, 0.1) is 10.1 Å². The minimum atomic E-state index is -0.955. The van der Waals surface area contributed by atoms with Crippen molar-refractivity contribution in [1.82, 2.24) is 14.9 Å². The summed E-state index contributed by atoms with van der Waals surface area (Å²) in [6, 6.07) is 0.